The number of hydrogen-bond acceptors (Lipinski definition) is 8. The Kier molecular flexibility index (Phi) is 8.24. The smallest absolute Gasteiger partial charge is 0.238 e. The highest BCUT2D eigenvalue weighted by Crippen LogP contribution is 2.52. The van der Waals surface area contributed by atoms with E-state index in [0.29, 0.717) is 43.5 Å². The van der Waals surface area contributed by atoms with Gasteiger partial charge in [-0.05, 0) is 83.2 Å². The molecule has 4 aliphatic rings. The Labute approximate surface area is 291 Å². The van der Waals surface area contributed by atoms with Crippen LogP contribution in [0.1, 0.15) is 77.3 Å². The van der Waals surface area contributed by atoms with E-state index in [1.54, 1.807) is 13.3 Å². The summed E-state index contributed by atoms with van der Waals surface area (Å²) in [5, 5.41) is 3.19. The number of nitrogens with zero attached hydrogens (tertiary/aromatic N) is 7. The van der Waals surface area contributed by atoms with Crippen LogP contribution < -0.4 is 15.0 Å². The number of fused-ring (bicyclic) bond motifs is 3. The minimum Gasteiger partial charge on any atom is -0.481 e. The number of halogens is 1. The molecular formula is C38H45FN8O3. The summed E-state index contributed by atoms with van der Waals surface area (Å²) in [6, 6.07) is 10.2. The van der Waals surface area contributed by atoms with Gasteiger partial charge in [-0.15, -0.1) is 0 Å². The first-order valence-corrected chi connectivity index (χ1v) is 18.0. The number of anilines is 3. The number of hydrogen-bond donors (Lipinski definition) is 1. The van der Waals surface area contributed by atoms with Crippen molar-refractivity contribution in [1.29, 1.82) is 0 Å². The van der Waals surface area contributed by atoms with E-state index in [0.717, 1.165) is 53.8 Å². The summed E-state index contributed by atoms with van der Waals surface area (Å²) in [6.07, 6.45) is 10.1. The van der Waals surface area contributed by atoms with Crippen molar-refractivity contribution in [2.75, 3.05) is 43.5 Å². The summed E-state index contributed by atoms with van der Waals surface area (Å²) in [5.41, 5.74) is 4.51. The van der Waals surface area contributed by atoms with Crippen molar-refractivity contribution in [3.8, 4) is 17.1 Å². The molecule has 0 radical (unpaired) electrons. The molecule has 1 saturated carbocycles. The highest BCUT2D eigenvalue weighted by Gasteiger charge is 2.55. The zero-order valence-corrected chi connectivity index (χ0v) is 29.3. The van der Waals surface area contributed by atoms with Gasteiger partial charge in [0.15, 0.2) is 11.6 Å². The molecule has 1 aliphatic carbocycles. The summed E-state index contributed by atoms with van der Waals surface area (Å²) >= 11 is 0. The van der Waals surface area contributed by atoms with Gasteiger partial charge in [-0.1, -0.05) is 18.6 Å². The molecule has 50 heavy (non-hydrogen) atoms. The first kappa shape index (κ1) is 32.6. The minimum absolute atomic E-state index is 0.0529. The highest BCUT2D eigenvalue weighted by molar-refractivity contribution is 6.09. The van der Waals surface area contributed by atoms with E-state index in [1.165, 1.54) is 38.6 Å². The number of ether oxygens (including phenoxy) is 1. The molecule has 3 aromatic heterocycles. The molecule has 2 amide bonds. The molecule has 3 fully saturated rings. The number of nitrogens with one attached hydrogen (secondary N) is 1. The fourth-order valence-electron chi connectivity index (χ4n) is 8.58. The molecule has 1 spiro atoms. The molecule has 11 nitrogen and oxygen atoms in total. The van der Waals surface area contributed by atoms with Gasteiger partial charge in [0, 0.05) is 55.5 Å². The third-order valence-electron chi connectivity index (χ3n) is 11.5. The Hall–Kier alpha value is -4.58. The largest absolute Gasteiger partial charge is 0.481 e. The fraction of sp³-hybridized carbons (Fsp3) is 0.500. The first-order valence-electron chi connectivity index (χ1n) is 18.0. The van der Waals surface area contributed by atoms with Gasteiger partial charge < -0.3 is 29.3 Å². The maximum Gasteiger partial charge on any atom is 0.238 e. The van der Waals surface area contributed by atoms with Crippen LogP contribution in [0.25, 0.3) is 22.3 Å². The Bertz CT molecular complexity index is 1960. The zero-order chi connectivity index (χ0) is 34.7. The number of imidazole rings is 1. The highest BCUT2D eigenvalue weighted by atomic mass is 19.1. The molecule has 4 aromatic rings. The number of methoxy groups -OCH3 is 1. The molecular weight excluding hydrogens is 635 g/mol. The Morgan fingerprint density at radius 3 is 2.46 bits per heavy atom. The molecule has 12 heteroatoms. The summed E-state index contributed by atoms with van der Waals surface area (Å²) < 4.78 is 22.3. The van der Waals surface area contributed by atoms with Crippen LogP contribution >= 0.6 is 0 Å². The van der Waals surface area contributed by atoms with Gasteiger partial charge in [-0.3, -0.25) is 9.59 Å². The van der Waals surface area contributed by atoms with Gasteiger partial charge in [0.25, 0.3) is 0 Å². The lowest BCUT2D eigenvalue weighted by Crippen LogP contribution is -2.58. The molecule has 0 atom stereocenters. The molecule has 2 saturated heterocycles. The molecule has 0 unspecified atom stereocenters. The fourth-order valence-corrected chi connectivity index (χ4v) is 8.58. The lowest BCUT2D eigenvalue weighted by atomic mass is 9.73. The average molecular weight is 681 g/mol. The molecule has 0 bridgehead atoms. The van der Waals surface area contributed by atoms with E-state index < -0.39 is 11.2 Å². The summed E-state index contributed by atoms with van der Waals surface area (Å²) in [6.45, 7) is 9.15. The first-order chi connectivity index (χ1) is 24.2. The Balaban J connectivity index is 1.19. The van der Waals surface area contributed by atoms with Crippen molar-refractivity contribution in [3.63, 3.8) is 0 Å². The van der Waals surface area contributed by atoms with Gasteiger partial charge in [0.05, 0.1) is 41.9 Å². The lowest BCUT2D eigenvalue weighted by molar-refractivity contribution is -0.134. The number of carbonyl (C=O) groups is 2. The number of carbonyl (C=O) groups excluding carboxylic acids is 2. The van der Waals surface area contributed by atoms with E-state index in [4.69, 9.17) is 14.7 Å². The zero-order valence-electron chi connectivity index (χ0n) is 29.3. The third kappa shape index (κ3) is 5.39. The number of rotatable bonds is 7. The Morgan fingerprint density at radius 1 is 1.02 bits per heavy atom. The van der Waals surface area contributed by atoms with Crippen LogP contribution in [0.2, 0.25) is 0 Å². The quantitative estimate of drug-likeness (QED) is 0.246. The second-order valence-corrected chi connectivity index (χ2v) is 14.7. The number of likely N-dealkylation sites (tertiary alicyclic amines) is 2. The van der Waals surface area contributed by atoms with Crippen LogP contribution in [0.4, 0.5) is 21.6 Å². The normalized spacial score (nSPS) is 21.9. The van der Waals surface area contributed by atoms with Crippen LogP contribution in [-0.2, 0) is 15.0 Å². The lowest BCUT2D eigenvalue weighted by Gasteiger charge is -2.48. The SMILES string of the molecule is COc1cc(F)c(Nc2nc(-c3ccc4c(c3)N([C@H]3C[C@@H](N5CCCCC5)C3)C(=O)C43CCN(C(C)=O)CC3)cc3ncn(C(C)C)c23)cn1. The van der Waals surface area contributed by atoms with E-state index in [-0.39, 0.29) is 35.5 Å². The number of amides is 2. The molecule has 1 aromatic carbocycles. The second-order valence-electron chi connectivity index (χ2n) is 14.7. The standard InChI is InChI=1S/C38H45FN8O3/c1-23(2)46-22-41-31-20-30(42-36(35(31)46)43-32-21-40-34(50-4)19-29(32)39)25-8-9-28-33(16-25)47(27-17-26(18-27)45-12-6-5-7-13-45)37(49)38(28)10-14-44(15-11-38)24(3)48/h8-9,16,19-23,26-27H,5-7,10-15,17-18H2,1-4H3,(H,42,43)/t26-,27+. The van der Waals surface area contributed by atoms with Crippen LogP contribution in [0.5, 0.6) is 5.88 Å². The number of aromatic nitrogens is 4. The van der Waals surface area contributed by atoms with E-state index >= 15 is 4.39 Å². The predicted molar refractivity (Wildman–Crippen MR) is 190 cm³/mol. The second kappa shape index (κ2) is 12.6. The maximum atomic E-state index is 15.2. The summed E-state index contributed by atoms with van der Waals surface area (Å²) in [7, 11) is 1.45. The van der Waals surface area contributed by atoms with Crippen molar-refractivity contribution in [3.05, 3.63) is 54.2 Å². The number of benzene rings is 1. The number of pyridine rings is 2. The van der Waals surface area contributed by atoms with Crippen molar-refractivity contribution < 1.29 is 18.7 Å². The summed E-state index contributed by atoms with van der Waals surface area (Å²) in [4.78, 5) is 47.5. The molecule has 262 valence electrons. The van der Waals surface area contributed by atoms with Gasteiger partial charge in [0.2, 0.25) is 17.7 Å². The van der Waals surface area contributed by atoms with Gasteiger partial charge in [0.1, 0.15) is 5.52 Å². The van der Waals surface area contributed by atoms with Crippen LogP contribution in [0.15, 0.2) is 42.9 Å². The molecule has 3 aliphatic heterocycles. The van der Waals surface area contributed by atoms with E-state index in [9.17, 15) is 9.59 Å². The van der Waals surface area contributed by atoms with Crippen molar-refractivity contribution in [2.24, 2.45) is 0 Å². The average Bonchev–Trinajstić information content (AvgIpc) is 3.63. The van der Waals surface area contributed by atoms with Gasteiger partial charge in [-0.25, -0.2) is 19.3 Å². The van der Waals surface area contributed by atoms with Crippen molar-refractivity contribution in [2.45, 2.75) is 89.3 Å². The van der Waals surface area contributed by atoms with E-state index in [1.807, 2.05) is 21.6 Å². The monoisotopic (exact) mass is 680 g/mol. The molecule has 8 rings (SSSR count). The van der Waals surface area contributed by atoms with E-state index in [2.05, 4.69) is 46.1 Å². The number of piperidine rings is 2. The predicted octanol–water partition coefficient (Wildman–Crippen LogP) is 6.21. The summed E-state index contributed by atoms with van der Waals surface area (Å²) in [5.74, 6) is 0.349. The minimum atomic E-state index is -0.644. The molecule has 1 N–H and O–H groups in total. The van der Waals surface area contributed by atoms with Crippen molar-refractivity contribution in [1.82, 2.24) is 29.3 Å². The van der Waals surface area contributed by atoms with Crippen LogP contribution in [0, 0.1) is 5.82 Å². The molecule has 6 heterocycles. The third-order valence-corrected chi connectivity index (χ3v) is 11.5. The van der Waals surface area contributed by atoms with Gasteiger partial charge in [-0.2, -0.15) is 0 Å². The van der Waals surface area contributed by atoms with Crippen LogP contribution in [0.3, 0.4) is 0 Å². The van der Waals surface area contributed by atoms with Crippen LogP contribution in [-0.4, -0.2) is 86.5 Å². The Morgan fingerprint density at radius 2 is 1.78 bits per heavy atom. The van der Waals surface area contributed by atoms with Crippen molar-refractivity contribution >= 4 is 40.0 Å². The maximum absolute atomic E-state index is 15.2. The topological polar surface area (TPSA) is 109 Å². The van der Waals surface area contributed by atoms with Gasteiger partial charge >= 0.3 is 0 Å².